The first-order chi connectivity index (χ1) is 18.9. The van der Waals surface area contributed by atoms with Crippen LogP contribution in [0.3, 0.4) is 0 Å². The lowest BCUT2D eigenvalue weighted by Gasteiger charge is -2.33. The molecule has 1 fully saturated rings. The molecule has 1 aliphatic heterocycles. The molecule has 6 nitrogen and oxygen atoms in total. The maximum absolute atomic E-state index is 15.1. The van der Waals surface area contributed by atoms with Crippen molar-refractivity contribution in [1.29, 1.82) is 0 Å². The number of rotatable bonds is 6. The fourth-order valence-corrected chi connectivity index (χ4v) is 6.11. The standard InChI is InChI=1S/C31H30F2N4O2/c1-2-19-6-5-7-23-25(18-34-30(19)23)24(22-11-10-20(32)16-26(22)33)17-29(38)36-14-12-21(13-15-36)37-28-9-4-3-8-27(28)35-31(37)39/h3-11,16,18,21,24,34H,2,12-15,17H2,1H3,(H,35,39). The van der Waals surface area contributed by atoms with Gasteiger partial charge in [0.25, 0.3) is 0 Å². The molecule has 39 heavy (non-hydrogen) atoms. The van der Waals surface area contributed by atoms with E-state index in [1.165, 1.54) is 12.1 Å². The Labute approximate surface area is 224 Å². The van der Waals surface area contributed by atoms with Crippen LogP contribution >= 0.6 is 0 Å². The Hall–Kier alpha value is -4.20. The van der Waals surface area contributed by atoms with Gasteiger partial charge in [-0.3, -0.25) is 9.36 Å². The molecule has 8 heteroatoms. The molecule has 6 rings (SSSR count). The molecule has 1 atom stereocenters. The number of carbonyl (C=O) groups is 1. The Kier molecular flexibility index (Phi) is 6.54. The molecule has 200 valence electrons. The zero-order chi connectivity index (χ0) is 27.1. The summed E-state index contributed by atoms with van der Waals surface area (Å²) in [5.41, 5.74) is 4.75. The van der Waals surface area contributed by atoms with Crippen LogP contribution in [-0.2, 0) is 11.2 Å². The number of aromatic amines is 2. The molecular formula is C31H30F2N4O2. The first-order valence-corrected chi connectivity index (χ1v) is 13.5. The van der Waals surface area contributed by atoms with Gasteiger partial charge in [-0.2, -0.15) is 0 Å². The van der Waals surface area contributed by atoms with Gasteiger partial charge in [0.1, 0.15) is 11.6 Å². The lowest BCUT2D eigenvalue weighted by Crippen LogP contribution is -2.41. The number of benzene rings is 3. The summed E-state index contributed by atoms with van der Waals surface area (Å²) < 4.78 is 30.7. The van der Waals surface area contributed by atoms with Crippen molar-refractivity contribution in [3.05, 3.63) is 106 Å². The molecule has 0 bridgehead atoms. The van der Waals surface area contributed by atoms with E-state index in [2.05, 4.69) is 16.9 Å². The second kappa shape index (κ2) is 10.2. The summed E-state index contributed by atoms with van der Waals surface area (Å²) in [6.07, 6.45) is 4.04. The maximum atomic E-state index is 15.1. The van der Waals surface area contributed by atoms with Crippen molar-refractivity contribution in [2.75, 3.05) is 13.1 Å². The van der Waals surface area contributed by atoms with Crippen LogP contribution in [0.15, 0.2) is 71.7 Å². The lowest BCUT2D eigenvalue weighted by atomic mass is 9.86. The van der Waals surface area contributed by atoms with Gasteiger partial charge in [0, 0.05) is 54.6 Å². The van der Waals surface area contributed by atoms with Gasteiger partial charge >= 0.3 is 5.69 Å². The molecule has 1 unspecified atom stereocenters. The smallest absolute Gasteiger partial charge is 0.326 e. The van der Waals surface area contributed by atoms with Crippen molar-refractivity contribution in [1.82, 2.24) is 19.4 Å². The molecule has 2 N–H and O–H groups in total. The normalized spacial score (nSPS) is 15.3. The highest BCUT2D eigenvalue weighted by atomic mass is 19.1. The van der Waals surface area contributed by atoms with Crippen molar-refractivity contribution in [2.24, 2.45) is 0 Å². The van der Waals surface area contributed by atoms with E-state index in [9.17, 15) is 14.0 Å². The summed E-state index contributed by atoms with van der Waals surface area (Å²) in [6.45, 7) is 3.08. The fraction of sp³-hybridized carbons (Fsp3) is 0.290. The molecule has 3 aromatic carbocycles. The number of fused-ring (bicyclic) bond motifs is 2. The van der Waals surface area contributed by atoms with Gasteiger partial charge in [-0.25, -0.2) is 13.6 Å². The van der Waals surface area contributed by atoms with E-state index >= 15 is 4.39 Å². The number of nitrogens with zero attached hydrogens (tertiary/aromatic N) is 2. The first-order valence-electron chi connectivity index (χ1n) is 13.5. The van der Waals surface area contributed by atoms with Crippen LogP contribution in [0, 0.1) is 11.6 Å². The van der Waals surface area contributed by atoms with Gasteiger partial charge in [-0.1, -0.05) is 43.3 Å². The minimum absolute atomic E-state index is 0.0101. The number of aryl methyl sites for hydroxylation is 1. The largest absolute Gasteiger partial charge is 0.361 e. The topological polar surface area (TPSA) is 73.9 Å². The van der Waals surface area contributed by atoms with Crippen molar-refractivity contribution < 1.29 is 13.6 Å². The van der Waals surface area contributed by atoms with Crippen molar-refractivity contribution >= 4 is 27.8 Å². The third kappa shape index (κ3) is 4.54. The molecule has 0 saturated carbocycles. The SMILES string of the molecule is CCc1cccc2c(C(CC(=O)N3CCC(n4c(=O)[nH]c5ccccc54)CC3)c3ccc(F)cc3F)c[nH]c12. The number of nitrogens with one attached hydrogen (secondary N) is 2. The predicted octanol–water partition coefficient (Wildman–Crippen LogP) is 6.04. The van der Waals surface area contributed by atoms with E-state index < -0.39 is 17.6 Å². The summed E-state index contributed by atoms with van der Waals surface area (Å²) in [5, 5.41) is 0.938. The van der Waals surface area contributed by atoms with Crippen LogP contribution in [0.5, 0.6) is 0 Å². The summed E-state index contributed by atoms with van der Waals surface area (Å²) in [4.78, 5) is 34.3. The molecule has 5 aromatic rings. The highest BCUT2D eigenvalue weighted by Crippen LogP contribution is 2.37. The monoisotopic (exact) mass is 528 g/mol. The number of halogens is 2. The van der Waals surface area contributed by atoms with E-state index in [1.807, 2.05) is 48.7 Å². The van der Waals surface area contributed by atoms with Crippen LogP contribution in [0.25, 0.3) is 21.9 Å². The van der Waals surface area contributed by atoms with Crippen LogP contribution in [0.1, 0.15) is 54.8 Å². The maximum Gasteiger partial charge on any atom is 0.326 e. The van der Waals surface area contributed by atoms with Crippen LogP contribution in [0.4, 0.5) is 8.78 Å². The van der Waals surface area contributed by atoms with Crippen LogP contribution < -0.4 is 5.69 Å². The highest BCUT2D eigenvalue weighted by Gasteiger charge is 2.30. The number of H-pyrrole nitrogens is 2. The van der Waals surface area contributed by atoms with Gasteiger partial charge in [-0.15, -0.1) is 0 Å². The molecule has 1 amide bonds. The fourth-order valence-electron chi connectivity index (χ4n) is 6.11. The number of piperidine rings is 1. The number of carbonyl (C=O) groups excluding carboxylic acids is 1. The van der Waals surface area contributed by atoms with E-state index in [4.69, 9.17) is 0 Å². The minimum Gasteiger partial charge on any atom is -0.361 e. The number of imidazole rings is 1. The molecule has 0 radical (unpaired) electrons. The summed E-state index contributed by atoms with van der Waals surface area (Å²) >= 11 is 0. The third-order valence-corrected chi connectivity index (χ3v) is 8.11. The second-order valence-electron chi connectivity index (χ2n) is 10.3. The summed E-state index contributed by atoms with van der Waals surface area (Å²) in [6, 6.07) is 17.2. The number of amides is 1. The molecule has 1 saturated heterocycles. The molecule has 1 aliphatic rings. The quantitative estimate of drug-likeness (QED) is 0.282. The minimum atomic E-state index is -0.661. The molecule has 2 aromatic heterocycles. The van der Waals surface area contributed by atoms with Crippen molar-refractivity contribution in [3.63, 3.8) is 0 Å². The Bertz CT molecular complexity index is 1730. The number of aromatic nitrogens is 3. The van der Waals surface area contributed by atoms with Crippen molar-refractivity contribution in [3.8, 4) is 0 Å². The second-order valence-corrected chi connectivity index (χ2v) is 10.3. The molecule has 0 spiro atoms. The summed E-state index contributed by atoms with van der Waals surface area (Å²) in [5.74, 6) is -1.98. The average Bonchev–Trinajstić information content (AvgIpc) is 3.52. The van der Waals surface area contributed by atoms with Gasteiger partial charge < -0.3 is 14.9 Å². The van der Waals surface area contributed by atoms with E-state index in [-0.39, 0.29) is 24.1 Å². The lowest BCUT2D eigenvalue weighted by molar-refractivity contribution is -0.132. The van der Waals surface area contributed by atoms with Gasteiger partial charge in [0.2, 0.25) is 5.91 Å². The van der Waals surface area contributed by atoms with E-state index in [0.29, 0.717) is 31.5 Å². The molecular weight excluding hydrogens is 498 g/mol. The zero-order valence-corrected chi connectivity index (χ0v) is 21.7. The van der Waals surface area contributed by atoms with Crippen LogP contribution in [0.2, 0.25) is 0 Å². The third-order valence-electron chi connectivity index (χ3n) is 8.11. The number of likely N-dealkylation sites (tertiary alicyclic amines) is 1. The van der Waals surface area contributed by atoms with Gasteiger partial charge in [0.15, 0.2) is 0 Å². The van der Waals surface area contributed by atoms with E-state index in [0.717, 1.165) is 45.6 Å². The first kappa shape index (κ1) is 25.1. The number of hydrogen-bond acceptors (Lipinski definition) is 2. The van der Waals surface area contributed by atoms with Gasteiger partial charge in [0.05, 0.1) is 11.0 Å². The Morgan fingerprint density at radius 1 is 1.03 bits per heavy atom. The average molecular weight is 529 g/mol. The van der Waals surface area contributed by atoms with E-state index in [1.54, 1.807) is 9.47 Å². The Morgan fingerprint density at radius 2 is 1.82 bits per heavy atom. The number of para-hydroxylation sites is 3. The van der Waals surface area contributed by atoms with Gasteiger partial charge in [-0.05, 0) is 54.2 Å². The predicted molar refractivity (Wildman–Crippen MR) is 148 cm³/mol. The molecule has 3 heterocycles. The summed E-state index contributed by atoms with van der Waals surface area (Å²) in [7, 11) is 0. The highest BCUT2D eigenvalue weighted by molar-refractivity contribution is 5.88. The Balaban J connectivity index is 1.27. The zero-order valence-electron chi connectivity index (χ0n) is 21.7. The number of hydrogen-bond donors (Lipinski definition) is 2. The van der Waals surface area contributed by atoms with Crippen LogP contribution in [-0.4, -0.2) is 38.4 Å². The molecule has 0 aliphatic carbocycles. The van der Waals surface area contributed by atoms with Crippen molar-refractivity contribution in [2.45, 2.75) is 44.6 Å². The Morgan fingerprint density at radius 3 is 2.59 bits per heavy atom.